The first-order valence-corrected chi connectivity index (χ1v) is 5.11. The van der Waals surface area contributed by atoms with Crippen molar-refractivity contribution in [2.24, 2.45) is 5.73 Å². The van der Waals surface area contributed by atoms with Gasteiger partial charge < -0.3 is 10.5 Å². The zero-order valence-corrected chi connectivity index (χ0v) is 8.99. The first kappa shape index (κ1) is 11.5. The SMILES string of the molecule is NCc1cccc(F)c1Oc1ccc(F)cc1. The molecule has 0 bridgehead atoms. The second kappa shape index (κ2) is 4.93. The normalized spacial score (nSPS) is 10.3. The van der Waals surface area contributed by atoms with Gasteiger partial charge in [-0.25, -0.2) is 8.78 Å². The Hall–Kier alpha value is -1.94. The third-order valence-corrected chi connectivity index (χ3v) is 2.30. The summed E-state index contributed by atoms with van der Waals surface area (Å²) in [6, 6.07) is 9.90. The van der Waals surface area contributed by atoms with Crippen LogP contribution >= 0.6 is 0 Å². The molecule has 0 radical (unpaired) electrons. The maximum atomic E-state index is 13.5. The molecule has 0 amide bonds. The minimum Gasteiger partial charge on any atom is -0.454 e. The van der Waals surface area contributed by atoms with Crippen molar-refractivity contribution in [2.75, 3.05) is 0 Å². The van der Waals surface area contributed by atoms with Crippen molar-refractivity contribution in [3.8, 4) is 11.5 Å². The summed E-state index contributed by atoms with van der Waals surface area (Å²) in [6.45, 7) is 0.175. The molecule has 17 heavy (non-hydrogen) atoms. The van der Waals surface area contributed by atoms with Crippen LogP contribution in [0.3, 0.4) is 0 Å². The van der Waals surface area contributed by atoms with Crippen LogP contribution in [0.15, 0.2) is 42.5 Å². The highest BCUT2D eigenvalue weighted by Crippen LogP contribution is 2.28. The van der Waals surface area contributed by atoms with Crippen LogP contribution < -0.4 is 10.5 Å². The molecule has 0 aliphatic rings. The van der Waals surface area contributed by atoms with Crippen molar-refractivity contribution >= 4 is 0 Å². The van der Waals surface area contributed by atoms with E-state index in [0.717, 1.165) is 0 Å². The van der Waals surface area contributed by atoms with E-state index in [1.54, 1.807) is 12.1 Å². The molecule has 0 fully saturated rings. The van der Waals surface area contributed by atoms with Crippen molar-refractivity contribution in [3.63, 3.8) is 0 Å². The summed E-state index contributed by atoms with van der Waals surface area (Å²) < 4.78 is 31.6. The fourth-order valence-corrected chi connectivity index (χ4v) is 1.45. The Kier molecular flexibility index (Phi) is 3.35. The van der Waals surface area contributed by atoms with Gasteiger partial charge in [-0.15, -0.1) is 0 Å². The molecule has 2 N–H and O–H groups in total. The molecule has 4 heteroatoms. The smallest absolute Gasteiger partial charge is 0.167 e. The van der Waals surface area contributed by atoms with Gasteiger partial charge in [-0.05, 0) is 30.3 Å². The molecule has 0 aromatic heterocycles. The number of rotatable bonds is 3. The Bertz CT molecular complexity index is 511. The molecule has 0 heterocycles. The van der Waals surface area contributed by atoms with Gasteiger partial charge in [0.15, 0.2) is 11.6 Å². The topological polar surface area (TPSA) is 35.2 Å². The molecular formula is C13H11F2NO. The van der Waals surface area contributed by atoms with Crippen molar-refractivity contribution in [1.82, 2.24) is 0 Å². The van der Waals surface area contributed by atoms with Gasteiger partial charge in [0.2, 0.25) is 0 Å². The maximum Gasteiger partial charge on any atom is 0.167 e. The molecule has 0 unspecified atom stereocenters. The van der Waals surface area contributed by atoms with E-state index in [4.69, 9.17) is 10.5 Å². The Balaban J connectivity index is 2.32. The van der Waals surface area contributed by atoms with E-state index in [9.17, 15) is 8.78 Å². The van der Waals surface area contributed by atoms with Gasteiger partial charge in [0.05, 0.1) is 0 Å². The lowest BCUT2D eigenvalue weighted by Gasteiger charge is -2.10. The largest absolute Gasteiger partial charge is 0.454 e. The van der Waals surface area contributed by atoms with Crippen LogP contribution in [0.25, 0.3) is 0 Å². The van der Waals surface area contributed by atoms with E-state index < -0.39 is 5.82 Å². The summed E-state index contributed by atoms with van der Waals surface area (Å²) in [7, 11) is 0. The van der Waals surface area contributed by atoms with Gasteiger partial charge in [0.1, 0.15) is 11.6 Å². The number of hydrogen-bond donors (Lipinski definition) is 1. The summed E-state index contributed by atoms with van der Waals surface area (Å²) in [6.07, 6.45) is 0. The lowest BCUT2D eigenvalue weighted by Crippen LogP contribution is -2.01. The van der Waals surface area contributed by atoms with Crippen LogP contribution in [0.2, 0.25) is 0 Å². The monoisotopic (exact) mass is 235 g/mol. The molecule has 2 nitrogen and oxygen atoms in total. The van der Waals surface area contributed by atoms with Gasteiger partial charge in [-0.2, -0.15) is 0 Å². The summed E-state index contributed by atoms with van der Waals surface area (Å²) in [4.78, 5) is 0. The fourth-order valence-electron chi connectivity index (χ4n) is 1.45. The molecule has 88 valence electrons. The average molecular weight is 235 g/mol. The van der Waals surface area contributed by atoms with Gasteiger partial charge in [-0.3, -0.25) is 0 Å². The van der Waals surface area contributed by atoms with Gasteiger partial charge in [-0.1, -0.05) is 12.1 Å². The standard InChI is InChI=1S/C13H11F2NO/c14-10-4-6-11(7-5-10)17-13-9(8-16)2-1-3-12(13)15/h1-7H,8,16H2. The lowest BCUT2D eigenvalue weighted by molar-refractivity contribution is 0.435. The molecule has 2 aromatic rings. The van der Waals surface area contributed by atoms with Crippen LogP contribution in [0.5, 0.6) is 11.5 Å². The number of benzene rings is 2. The van der Waals surface area contributed by atoms with Crippen molar-refractivity contribution < 1.29 is 13.5 Å². The Morgan fingerprint density at radius 2 is 1.71 bits per heavy atom. The van der Waals surface area contributed by atoms with Crippen LogP contribution in [0.4, 0.5) is 8.78 Å². The first-order valence-electron chi connectivity index (χ1n) is 5.11. The Morgan fingerprint density at radius 3 is 2.35 bits per heavy atom. The quantitative estimate of drug-likeness (QED) is 0.886. The molecule has 0 aliphatic heterocycles. The van der Waals surface area contributed by atoms with E-state index in [2.05, 4.69) is 0 Å². The zero-order chi connectivity index (χ0) is 12.3. The number of halogens is 2. The fraction of sp³-hybridized carbons (Fsp3) is 0.0769. The van der Waals surface area contributed by atoms with Crippen molar-refractivity contribution in [2.45, 2.75) is 6.54 Å². The number of ether oxygens (including phenoxy) is 1. The second-order valence-electron chi connectivity index (χ2n) is 3.49. The Morgan fingerprint density at radius 1 is 1.00 bits per heavy atom. The third kappa shape index (κ3) is 2.60. The van der Waals surface area contributed by atoms with Crippen LogP contribution in [-0.4, -0.2) is 0 Å². The van der Waals surface area contributed by atoms with Gasteiger partial charge in [0, 0.05) is 12.1 Å². The maximum absolute atomic E-state index is 13.5. The first-order chi connectivity index (χ1) is 8.20. The summed E-state index contributed by atoms with van der Waals surface area (Å²) in [5, 5.41) is 0. The van der Waals surface area contributed by atoms with Crippen LogP contribution in [0.1, 0.15) is 5.56 Å². The second-order valence-corrected chi connectivity index (χ2v) is 3.49. The van der Waals surface area contributed by atoms with Crippen LogP contribution in [0, 0.1) is 11.6 Å². The molecule has 0 saturated heterocycles. The van der Waals surface area contributed by atoms with Gasteiger partial charge in [0.25, 0.3) is 0 Å². The van der Waals surface area contributed by atoms with E-state index in [1.807, 2.05) is 0 Å². The minimum absolute atomic E-state index is 0.0848. The highest BCUT2D eigenvalue weighted by atomic mass is 19.1. The van der Waals surface area contributed by atoms with Crippen molar-refractivity contribution in [1.29, 1.82) is 0 Å². The lowest BCUT2D eigenvalue weighted by atomic mass is 10.2. The number of nitrogens with two attached hydrogens (primary N) is 1. The molecular weight excluding hydrogens is 224 g/mol. The summed E-state index contributed by atoms with van der Waals surface area (Å²) in [5.41, 5.74) is 6.05. The van der Waals surface area contributed by atoms with Crippen LogP contribution in [-0.2, 0) is 6.54 Å². The summed E-state index contributed by atoms with van der Waals surface area (Å²) >= 11 is 0. The zero-order valence-electron chi connectivity index (χ0n) is 8.99. The summed E-state index contributed by atoms with van der Waals surface area (Å²) in [5.74, 6) is -0.407. The van der Waals surface area contributed by atoms with E-state index >= 15 is 0 Å². The Labute approximate surface area is 97.6 Å². The highest BCUT2D eigenvalue weighted by molar-refractivity contribution is 5.39. The van der Waals surface area contributed by atoms with E-state index in [1.165, 1.54) is 30.3 Å². The van der Waals surface area contributed by atoms with E-state index in [0.29, 0.717) is 11.3 Å². The molecule has 0 atom stereocenters. The third-order valence-electron chi connectivity index (χ3n) is 2.30. The minimum atomic E-state index is -0.489. The predicted molar refractivity (Wildman–Crippen MR) is 60.8 cm³/mol. The average Bonchev–Trinajstić information content (AvgIpc) is 2.34. The molecule has 0 spiro atoms. The molecule has 0 aliphatic carbocycles. The molecule has 0 saturated carbocycles. The highest BCUT2D eigenvalue weighted by Gasteiger charge is 2.09. The molecule has 2 aromatic carbocycles. The molecule has 2 rings (SSSR count). The van der Waals surface area contributed by atoms with Crippen molar-refractivity contribution in [3.05, 3.63) is 59.7 Å². The number of hydrogen-bond acceptors (Lipinski definition) is 2. The predicted octanol–water partition coefficient (Wildman–Crippen LogP) is 3.22. The van der Waals surface area contributed by atoms with Gasteiger partial charge >= 0.3 is 0 Å². The van der Waals surface area contributed by atoms with E-state index in [-0.39, 0.29) is 18.1 Å². The number of para-hydroxylation sites is 1.